The number of halogens is 1. The summed E-state index contributed by atoms with van der Waals surface area (Å²) in [6.45, 7) is 2.78. The van der Waals surface area contributed by atoms with Gasteiger partial charge in [0.1, 0.15) is 11.3 Å². The predicted molar refractivity (Wildman–Crippen MR) is 126 cm³/mol. The average molecular weight is 447 g/mol. The van der Waals surface area contributed by atoms with E-state index in [-0.39, 0.29) is 11.9 Å². The number of furan rings is 1. The highest BCUT2D eigenvalue weighted by atomic mass is 35.5. The number of amides is 1. The van der Waals surface area contributed by atoms with Crippen LogP contribution in [0.1, 0.15) is 27.7 Å². The van der Waals surface area contributed by atoms with Crippen LogP contribution >= 0.6 is 11.6 Å². The molecule has 1 N–H and O–H groups in total. The van der Waals surface area contributed by atoms with Crippen LogP contribution in [0.15, 0.2) is 83.3 Å². The lowest BCUT2D eigenvalue weighted by molar-refractivity contribution is 0.0206. The van der Waals surface area contributed by atoms with Crippen LogP contribution in [-0.2, 0) is 4.74 Å². The molecule has 1 saturated heterocycles. The van der Waals surface area contributed by atoms with Gasteiger partial charge >= 0.3 is 0 Å². The second-order valence-electron chi connectivity index (χ2n) is 7.76. The fourth-order valence-electron chi connectivity index (χ4n) is 4.20. The van der Waals surface area contributed by atoms with Crippen molar-refractivity contribution < 1.29 is 13.9 Å². The van der Waals surface area contributed by atoms with Gasteiger partial charge in [-0.2, -0.15) is 0 Å². The molecule has 1 fully saturated rings. The van der Waals surface area contributed by atoms with Gasteiger partial charge < -0.3 is 14.5 Å². The molecule has 1 aliphatic heterocycles. The van der Waals surface area contributed by atoms with Gasteiger partial charge in [0.2, 0.25) is 0 Å². The molecule has 0 bridgehead atoms. The Morgan fingerprint density at radius 1 is 0.938 bits per heavy atom. The lowest BCUT2D eigenvalue weighted by Gasteiger charge is -2.34. The van der Waals surface area contributed by atoms with Crippen LogP contribution in [0.5, 0.6) is 0 Å². The van der Waals surface area contributed by atoms with Crippen LogP contribution in [0.4, 0.5) is 5.69 Å². The highest BCUT2D eigenvalue weighted by molar-refractivity contribution is 6.30. The minimum atomic E-state index is -0.212. The Labute approximate surface area is 191 Å². The van der Waals surface area contributed by atoms with Gasteiger partial charge in [0.05, 0.1) is 24.9 Å². The Kier molecular flexibility index (Phi) is 5.95. The average Bonchev–Trinajstić information content (AvgIpc) is 3.18. The highest BCUT2D eigenvalue weighted by Crippen LogP contribution is 2.41. The maximum absolute atomic E-state index is 13.1. The number of morpholine rings is 1. The molecule has 6 heteroatoms. The molecule has 0 aliphatic carbocycles. The lowest BCUT2D eigenvalue weighted by Crippen LogP contribution is -2.39. The van der Waals surface area contributed by atoms with Gasteiger partial charge in [-0.25, -0.2) is 0 Å². The summed E-state index contributed by atoms with van der Waals surface area (Å²) >= 11 is 6.35. The maximum atomic E-state index is 13.1. The molecule has 5 rings (SSSR count). The first-order chi connectivity index (χ1) is 15.7. The van der Waals surface area contributed by atoms with E-state index >= 15 is 0 Å². The van der Waals surface area contributed by atoms with Gasteiger partial charge in [-0.3, -0.25) is 9.69 Å². The Morgan fingerprint density at radius 3 is 2.47 bits per heavy atom. The quantitative estimate of drug-likeness (QED) is 0.423. The van der Waals surface area contributed by atoms with E-state index in [0.29, 0.717) is 35.2 Å². The number of benzene rings is 3. The van der Waals surface area contributed by atoms with Crippen molar-refractivity contribution in [3.05, 3.63) is 101 Å². The van der Waals surface area contributed by atoms with Gasteiger partial charge in [0, 0.05) is 29.1 Å². The maximum Gasteiger partial charge on any atom is 0.255 e. The van der Waals surface area contributed by atoms with Crippen molar-refractivity contribution >= 4 is 34.2 Å². The van der Waals surface area contributed by atoms with E-state index in [0.717, 1.165) is 29.6 Å². The zero-order valence-electron chi connectivity index (χ0n) is 17.5. The summed E-state index contributed by atoms with van der Waals surface area (Å²) < 4.78 is 12.0. The largest absolute Gasteiger partial charge is 0.457 e. The van der Waals surface area contributed by atoms with E-state index in [1.807, 2.05) is 66.7 Å². The Morgan fingerprint density at radius 2 is 1.69 bits per heavy atom. The number of nitrogens with one attached hydrogen (secondary N) is 1. The van der Waals surface area contributed by atoms with Gasteiger partial charge in [-0.1, -0.05) is 54.1 Å². The van der Waals surface area contributed by atoms with E-state index < -0.39 is 0 Å². The summed E-state index contributed by atoms with van der Waals surface area (Å²) in [5.41, 5.74) is 3.01. The van der Waals surface area contributed by atoms with E-state index in [1.54, 1.807) is 12.1 Å². The molecule has 162 valence electrons. The van der Waals surface area contributed by atoms with Crippen molar-refractivity contribution in [3.63, 3.8) is 0 Å². The van der Waals surface area contributed by atoms with Crippen molar-refractivity contribution in [2.75, 3.05) is 31.6 Å². The topological polar surface area (TPSA) is 54.7 Å². The molecule has 0 spiro atoms. The number of para-hydroxylation sites is 1. The summed E-state index contributed by atoms with van der Waals surface area (Å²) in [5, 5.41) is 4.66. The first-order valence-corrected chi connectivity index (χ1v) is 11.0. The molecule has 1 atom stereocenters. The summed E-state index contributed by atoms with van der Waals surface area (Å²) in [4.78, 5) is 15.4. The lowest BCUT2D eigenvalue weighted by atomic mass is 10.00. The smallest absolute Gasteiger partial charge is 0.255 e. The van der Waals surface area contributed by atoms with Crippen molar-refractivity contribution in [3.8, 4) is 0 Å². The van der Waals surface area contributed by atoms with E-state index in [2.05, 4.69) is 10.2 Å². The fourth-order valence-corrected chi connectivity index (χ4v) is 4.40. The molecule has 1 aromatic heterocycles. The van der Waals surface area contributed by atoms with Crippen LogP contribution in [0.3, 0.4) is 0 Å². The summed E-state index contributed by atoms with van der Waals surface area (Å²) in [6.07, 6.45) is 0. The Bertz CT molecular complexity index is 1230. The van der Waals surface area contributed by atoms with Crippen molar-refractivity contribution in [2.45, 2.75) is 6.04 Å². The number of carbonyl (C=O) groups excluding carboxylic acids is 1. The molecule has 0 saturated carbocycles. The fraction of sp³-hybridized carbons (Fsp3) is 0.192. The number of nitrogens with zero attached hydrogens (tertiary/aromatic N) is 1. The summed E-state index contributed by atoms with van der Waals surface area (Å²) in [6, 6.07) is 24.6. The minimum Gasteiger partial charge on any atom is -0.457 e. The third-order valence-corrected chi connectivity index (χ3v) is 5.96. The molecule has 3 aromatic carbocycles. The predicted octanol–water partition coefficient (Wildman–Crippen LogP) is 5.76. The normalized spacial score (nSPS) is 15.5. The number of ether oxygens (including phenoxy) is 1. The molecule has 5 nitrogen and oxygen atoms in total. The molecule has 32 heavy (non-hydrogen) atoms. The van der Waals surface area contributed by atoms with Crippen LogP contribution in [0.2, 0.25) is 5.02 Å². The number of carbonyl (C=O) groups is 1. The monoisotopic (exact) mass is 446 g/mol. The first-order valence-electron chi connectivity index (χ1n) is 10.7. The highest BCUT2D eigenvalue weighted by Gasteiger charge is 2.31. The van der Waals surface area contributed by atoms with Gasteiger partial charge in [-0.15, -0.1) is 0 Å². The summed E-state index contributed by atoms with van der Waals surface area (Å²) in [7, 11) is 0. The summed E-state index contributed by atoms with van der Waals surface area (Å²) in [5.74, 6) is 0.518. The van der Waals surface area contributed by atoms with Crippen molar-refractivity contribution in [2.24, 2.45) is 0 Å². The van der Waals surface area contributed by atoms with Crippen LogP contribution in [-0.4, -0.2) is 37.1 Å². The molecule has 1 aliphatic rings. The molecular weight excluding hydrogens is 424 g/mol. The van der Waals surface area contributed by atoms with Crippen molar-refractivity contribution in [1.82, 2.24) is 4.90 Å². The standard InChI is InChI=1S/C26H23ClN2O3/c27-20-10-6-9-19(17-20)24(29-13-15-31-16-14-29)25-23(21-11-4-5-12-22(21)32-25)28-26(30)18-7-2-1-3-8-18/h1-12,17,24H,13-16H2,(H,28,30). The van der Waals surface area contributed by atoms with Gasteiger partial charge in [0.15, 0.2) is 0 Å². The van der Waals surface area contributed by atoms with Crippen LogP contribution < -0.4 is 5.32 Å². The number of rotatable bonds is 5. The molecular formula is C26H23ClN2O3. The SMILES string of the molecule is O=C(Nc1c(C(c2cccc(Cl)c2)N2CCOCC2)oc2ccccc12)c1ccccc1. The third kappa shape index (κ3) is 4.15. The van der Waals surface area contributed by atoms with Crippen LogP contribution in [0, 0.1) is 0 Å². The molecule has 1 amide bonds. The second kappa shape index (κ2) is 9.17. The number of fused-ring (bicyclic) bond motifs is 1. The van der Waals surface area contributed by atoms with E-state index in [9.17, 15) is 4.79 Å². The number of hydrogen-bond acceptors (Lipinski definition) is 4. The minimum absolute atomic E-state index is 0.176. The third-order valence-electron chi connectivity index (χ3n) is 5.72. The number of anilines is 1. The molecule has 4 aromatic rings. The zero-order valence-corrected chi connectivity index (χ0v) is 18.2. The number of hydrogen-bond donors (Lipinski definition) is 1. The van der Waals surface area contributed by atoms with E-state index in [1.165, 1.54) is 0 Å². The van der Waals surface area contributed by atoms with Crippen molar-refractivity contribution in [1.29, 1.82) is 0 Å². The molecule has 0 radical (unpaired) electrons. The van der Waals surface area contributed by atoms with Gasteiger partial charge in [-0.05, 0) is 42.0 Å². The Balaban J connectivity index is 1.64. The van der Waals surface area contributed by atoms with Gasteiger partial charge in [0.25, 0.3) is 5.91 Å². The molecule has 1 unspecified atom stereocenters. The first kappa shape index (κ1) is 20.8. The van der Waals surface area contributed by atoms with Crippen LogP contribution in [0.25, 0.3) is 11.0 Å². The second-order valence-corrected chi connectivity index (χ2v) is 8.20. The molecule has 2 heterocycles. The zero-order chi connectivity index (χ0) is 21.9. The van der Waals surface area contributed by atoms with E-state index in [4.69, 9.17) is 20.8 Å². The Hall–Kier alpha value is -3.12.